The first-order valence-corrected chi connectivity index (χ1v) is 6.66. The zero-order valence-electron chi connectivity index (χ0n) is 12.2. The zero-order valence-corrected chi connectivity index (χ0v) is 12.2. The summed E-state index contributed by atoms with van der Waals surface area (Å²) in [6.07, 6.45) is -9.62. The number of rotatable bonds is 4. The van der Waals surface area contributed by atoms with Crippen molar-refractivity contribution >= 4 is 6.29 Å². The molecular weight excluding hydrogens is 357 g/mol. The molecule has 0 amide bonds. The van der Waals surface area contributed by atoms with E-state index in [2.05, 4.69) is 0 Å². The Morgan fingerprint density at radius 2 is 1.40 bits per heavy atom. The van der Waals surface area contributed by atoms with Gasteiger partial charge in [-0.05, 0) is 35.9 Å². The number of halogens is 7. The van der Waals surface area contributed by atoms with Gasteiger partial charge >= 0.3 is 12.4 Å². The van der Waals surface area contributed by atoms with Gasteiger partial charge in [0.1, 0.15) is 24.5 Å². The maximum absolute atomic E-state index is 13.2. The van der Waals surface area contributed by atoms with Gasteiger partial charge in [-0.3, -0.25) is 4.79 Å². The number of carbonyl (C=O) groups excluding carboxylic acids is 1. The minimum Gasteiger partial charge on any atom is -0.489 e. The molecule has 2 rings (SSSR count). The van der Waals surface area contributed by atoms with Crippen molar-refractivity contribution in [2.45, 2.75) is 19.0 Å². The van der Waals surface area contributed by atoms with E-state index in [9.17, 15) is 35.5 Å². The van der Waals surface area contributed by atoms with Crippen molar-refractivity contribution in [3.8, 4) is 5.75 Å². The summed E-state index contributed by atoms with van der Waals surface area (Å²) in [5.41, 5.74) is -3.45. The van der Waals surface area contributed by atoms with E-state index < -0.39 is 41.5 Å². The summed E-state index contributed by atoms with van der Waals surface area (Å²) in [5.74, 6) is -1.03. The standard InChI is InChI=1S/C16H9F7O2/c17-13-3-9(7-24)4-14(6-13)25-8-10-1-11(15(18,19)20)5-12(2-10)16(21,22)23/h1-7H,8H2. The topological polar surface area (TPSA) is 26.3 Å². The summed E-state index contributed by atoms with van der Waals surface area (Å²) >= 11 is 0. The van der Waals surface area contributed by atoms with E-state index in [1.807, 2.05) is 0 Å². The minimum absolute atomic E-state index is 0.00379. The van der Waals surface area contributed by atoms with Crippen molar-refractivity contribution < 1.29 is 40.3 Å². The molecule has 0 aromatic heterocycles. The molecule has 0 aliphatic carbocycles. The van der Waals surface area contributed by atoms with Crippen LogP contribution >= 0.6 is 0 Å². The summed E-state index contributed by atoms with van der Waals surface area (Å²) in [4.78, 5) is 10.6. The van der Waals surface area contributed by atoms with Crippen LogP contribution in [0.2, 0.25) is 0 Å². The smallest absolute Gasteiger partial charge is 0.416 e. The van der Waals surface area contributed by atoms with Crippen LogP contribution in [0.1, 0.15) is 27.0 Å². The second-order valence-electron chi connectivity index (χ2n) is 5.04. The van der Waals surface area contributed by atoms with Gasteiger partial charge in [-0.1, -0.05) is 0 Å². The summed E-state index contributed by atoms with van der Waals surface area (Å²) < 4.78 is 94.8. The van der Waals surface area contributed by atoms with E-state index in [1.165, 1.54) is 0 Å². The number of ether oxygens (including phenoxy) is 1. The molecule has 0 saturated carbocycles. The van der Waals surface area contributed by atoms with Crippen LogP contribution in [0.25, 0.3) is 0 Å². The first-order chi connectivity index (χ1) is 11.5. The van der Waals surface area contributed by atoms with Crippen LogP contribution in [0, 0.1) is 5.82 Å². The number of carbonyl (C=O) groups is 1. The Kier molecular flexibility index (Phi) is 5.05. The molecule has 0 bridgehead atoms. The van der Waals surface area contributed by atoms with Crippen LogP contribution in [0.4, 0.5) is 30.7 Å². The number of benzene rings is 2. The molecule has 0 aliphatic rings. The maximum Gasteiger partial charge on any atom is 0.416 e. The molecule has 0 atom stereocenters. The molecule has 0 aliphatic heterocycles. The van der Waals surface area contributed by atoms with E-state index in [0.29, 0.717) is 18.4 Å². The third kappa shape index (κ3) is 4.94. The Hall–Kier alpha value is -2.58. The van der Waals surface area contributed by atoms with Crippen LogP contribution in [0.15, 0.2) is 36.4 Å². The molecule has 9 heteroatoms. The summed E-state index contributed by atoms with van der Waals surface area (Å²) in [6, 6.07) is 3.87. The van der Waals surface area contributed by atoms with Crippen molar-refractivity contribution in [3.63, 3.8) is 0 Å². The third-order valence-corrected chi connectivity index (χ3v) is 3.08. The minimum atomic E-state index is -4.97. The van der Waals surface area contributed by atoms with E-state index in [-0.39, 0.29) is 17.4 Å². The number of alkyl halides is 6. The molecule has 0 heterocycles. The summed E-state index contributed by atoms with van der Waals surface area (Å²) in [5, 5.41) is 0. The van der Waals surface area contributed by atoms with Crippen LogP contribution in [-0.2, 0) is 19.0 Å². The number of hydrogen-bond acceptors (Lipinski definition) is 2. The van der Waals surface area contributed by atoms with Gasteiger partial charge < -0.3 is 4.74 Å². The van der Waals surface area contributed by atoms with Gasteiger partial charge in [0.05, 0.1) is 11.1 Å². The van der Waals surface area contributed by atoms with E-state index >= 15 is 0 Å². The lowest BCUT2D eigenvalue weighted by Gasteiger charge is -2.14. The molecule has 0 N–H and O–H groups in total. The van der Waals surface area contributed by atoms with Gasteiger partial charge in [0.15, 0.2) is 0 Å². The molecule has 2 aromatic rings. The number of hydrogen-bond donors (Lipinski definition) is 0. The zero-order chi connectivity index (χ0) is 18.8. The van der Waals surface area contributed by atoms with Gasteiger partial charge in [0.25, 0.3) is 0 Å². The Morgan fingerprint density at radius 1 is 0.840 bits per heavy atom. The molecule has 2 aromatic carbocycles. The van der Waals surface area contributed by atoms with Crippen LogP contribution in [-0.4, -0.2) is 6.29 Å². The van der Waals surface area contributed by atoms with Gasteiger partial charge in [0, 0.05) is 11.6 Å². The summed E-state index contributed by atoms with van der Waals surface area (Å²) in [7, 11) is 0. The fourth-order valence-corrected chi connectivity index (χ4v) is 2.01. The molecule has 0 unspecified atom stereocenters. The van der Waals surface area contributed by atoms with Crippen molar-refractivity contribution in [2.24, 2.45) is 0 Å². The Morgan fingerprint density at radius 3 is 1.88 bits per heavy atom. The predicted octanol–water partition coefficient (Wildman–Crippen LogP) is 5.25. The van der Waals surface area contributed by atoms with Gasteiger partial charge in [-0.15, -0.1) is 0 Å². The normalized spacial score (nSPS) is 12.1. The second kappa shape index (κ2) is 6.73. The average molecular weight is 366 g/mol. The highest BCUT2D eigenvalue weighted by molar-refractivity contribution is 5.75. The van der Waals surface area contributed by atoms with E-state index in [1.54, 1.807) is 0 Å². The fourth-order valence-electron chi connectivity index (χ4n) is 2.01. The third-order valence-electron chi connectivity index (χ3n) is 3.08. The Labute approximate surface area is 136 Å². The molecule has 25 heavy (non-hydrogen) atoms. The first kappa shape index (κ1) is 18.8. The van der Waals surface area contributed by atoms with E-state index in [0.717, 1.165) is 18.2 Å². The van der Waals surface area contributed by atoms with Crippen LogP contribution in [0.3, 0.4) is 0 Å². The van der Waals surface area contributed by atoms with Gasteiger partial charge in [0.2, 0.25) is 0 Å². The predicted molar refractivity (Wildman–Crippen MR) is 72.6 cm³/mol. The molecule has 134 valence electrons. The van der Waals surface area contributed by atoms with Gasteiger partial charge in [-0.25, -0.2) is 4.39 Å². The van der Waals surface area contributed by atoms with Crippen LogP contribution < -0.4 is 4.74 Å². The lowest BCUT2D eigenvalue weighted by molar-refractivity contribution is -0.143. The number of aldehydes is 1. The fraction of sp³-hybridized carbons (Fsp3) is 0.188. The quantitative estimate of drug-likeness (QED) is 0.545. The molecule has 0 saturated heterocycles. The largest absolute Gasteiger partial charge is 0.489 e. The van der Waals surface area contributed by atoms with Crippen molar-refractivity contribution in [3.05, 3.63) is 64.5 Å². The van der Waals surface area contributed by atoms with E-state index in [4.69, 9.17) is 4.74 Å². The Balaban J connectivity index is 2.33. The highest BCUT2D eigenvalue weighted by Crippen LogP contribution is 2.36. The van der Waals surface area contributed by atoms with Crippen LogP contribution in [0.5, 0.6) is 5.75 Å². The maximum atomic E-state index is 13.2. The van der Waals surface area contributed by atoms with Crippen molar-refractivity contribution in [2.75, 3.05) is 0 Å². The monoisotopic (exact) mass is 366 g/mol. The highest BCUT2D eigenvalue weighted by Gasteiger charge is 2.36. The second-order valence-corrected chi connectivity index (χ2v) is 5.04. The highest BCUT2D eigenvalue weighted by atomic mass is 19.4. The Bertz CT molecular complexity index is 747. The molecule has 0 fully saturated rings. The van der Waals surface area contributed by atoms with Gasteiger partial charge in [-0.2, -0.15) is 26.3 Å². The first-order valence-electron chi connectivity index (χ1n) is 6.66. The average Bonchev–Trinajstić information content (AvgIpc) is 2.50. The molecule has 2 nitrogen and oxygen atoms in total. The molecule has 0 radical (unpaired) electrons. The lowest BCUT2D eigenvalue weighted by atomic mass is 10.1. The van der Waals surface area contributed by atoms with Crippen molar-refractivity contribution in [1.82, 2.24) is 0 Å². The molecule has 0 spiro atoms. The SMILES string of the molecule is O=Cc1cc(F)cc(OCc2cc(C(F)(F)F)cc(C(F)(F)F)c2)c1. The molecular formula is C16H9F7O2. The van der Waals surface area contributed by atoms with Crippen molar-refractivity contribution in [1.29, 1.82) is 0 Å². The lowest BCUT2D eigenvalue weighted by Crippen LogP contribution is -2.12. The summed E-state index contributed by atoms with van der Waals surface area (Å²) in [6.45, 7) is -0.672.